The Balaban J connectivity index is 1.36. The molecular weight excluding hydrogens is 368 g/mol. The highest BCUT2D eigenvalue weighted by molar-refractivity contribution is 5.79. The number of benzene rings is 1. The number of aryl methyl sites for hydroxylation is 1. The molecule has 156 valence electrons. The summed E-state index contributed by atoms with van der Waals surface area (Å²) in [5, 5.41) is 6.41. The smallest absolute Gasteiger partial charge is 0.306 e. The molecule has 1 aliphatic rings. The summed E-state index contributed by atoms with van der Waals surface area (Å²) >= 11 is 0. The highest BCUT2D eigenvalue weighted by atomic mass is 16.5. The van der Waals surface area contributed by atoms with Gasteiger partial charge in [-0.05, 0) is 51.2 Å². The highest BCUT2D eigenvalue weighted by Crippen LogP contribution is 2.21. The standard InChI is InChI=1S/C22H30N4O3/c1-16-9-11-17(12-10-16)21-26-18(15-28-21)14-25-22(23-2)24-13-5-8-20(27)29-19-6-3-4-7-19/h9-12,15,19H,3-8,13-14H2,1-2H3,(H2,23,24,25). The second kappa shape index (κ2) is 10.6. The molecule has 0 radical (unpaired) electrons. The third-order valence-corrected chi connectivity index (χ3v) is 4.96. The van der Waals surface area contributed by atoms with Gasteiger partial charge in [0, 0.05) is 25.6 Å². The molecule has 0 atom stereocenters. The summed E-state index contributed by atoms with van der Waals surface area (Å²) in [4.78, 5) is 20.6. The Hall–Kier alpha value is -2.83. The van der Waals surface area contributed by atoms with E-state index in [2.05, 4.69) is 20.6 Å². The first-order valence-corrected chi connectivity index (χ1v) is 10.3. The summed E-state index contributed by atoms with van der Waals surface area (Å²) in [6.45, 7) is 3.19. The van der Waals surface area contributed by atoms with E-state index in [1.54, 1.807) is 13.3 Å². The van der Waals surface area contributed by atoms with Crippen LogP contribution in [0, 0.1) is 6.92 Å². The fourth-order valence-corrected chi connectivity index (χ4v) is 3.30. The number of hydrogen-bond donors (Lipinski definition) is 2. The van der Waals surface area contributed by atoms with E-state index < -0.39 is 0 Å². The summed E-state index contributed by atoms with van der Waals surface area (Å²) in [6, 6.07) is 8.06. The van der Waals surface area contributed by atoms with Crippen LogP contribution >= 0.6 is 0 Å². The van der Waals surface area contributed by atoms with Crippen LogP contribution in [0.15, 0.2) is 39.9 Å². The van der Waals surface area contributed by atoms with Gasteiger partial charge in [-0.15, -0.1) is 0 Å². The molecule has 0 aliphatic heterocycles. The van der Waals surface area contributed by atoms with E-state index in [0.717, 1.165) is 24.1 Å². The number of ether oxygens (including phenoxy) is 1. The molecule has 0 unspecified atom stereocenters. The number of nitrogens with one attached hydrogen (secondary N) is 2. The average molecular weight is 399 g/mol. The molecule has 0 bridgehead atoms. The normalized spacial score (nSPS) is 14.8. The highest BCUT2D eigenvalue weighted by Gasteiger charge is 2.18. The first kappa shape index (κ1) is 20.9. The third kappa shape index (κ3) is 6.62. The van der Waals surface area contributed by atoms with Crippen LogP contribution in [0.3, 0.4) is 0 Å². The molecular formula is C22H30N4O3. The second-order valence-corrected chi connectivity index (χ2v) is 7.36. The minimum atomic E-state index is -0.104. The first-order chi connectivity index (χ1) is 14.1. The Kier molecular flexibility index (Phi) is 7.67. The number of rotatable bonds is 8. The topological polar surface area (TPSA) is 88.8 Å². The fraction of sp³-hybridized carbons (Fsp3) is 0.500. The van der Waals surface area contributed by atoms with Crippen molar-refractivity contribution in [2.24, 2.45) is 4.99 Å². The van der Waals surface area contributed by atoms with E-state index in [1.807, 2.05) is 31.2 Å². The largest absolute Gasteiger partial charge is 0.462 e. The van der Waals surface area contributed by atoms with Crippen LogP contribution < -0.4 is 10.6 Å². The quantitative estimate of drug-likeness (QED) is 0.306. The summed E-state index contributed by atoms with van der Waals surface area (Å²) in [7, 11) is 1.71. The summed E-state index contributed by atoms with van der Waals surface area (Å²) in [5.41, 5.74) is 2.95. The fourth-order valence-electron chi connectivity index (χ4n) is 3.30. The SMILES string of the molecule is CN=C(NCCCC(=O)OC1CCCC1)NCc1coc(-c2ccc(C)cc2)n1. The van der Waals surface area contributed by atoms with E-state index in [0.29, 0.717) is 37.8 Å². The number of aromatic nitrogens is 1. The molecule has 0 spiro atoms. The molecule has 0 amide bonds. The van der Waals surface area contributed by atoms with E-state index in [9.17, 15) is 4.79 Å². The van der Waals surface area contributed by atoms with Crippen LogP contribution in [0.5, 0.6) is 0 Å². The van der Waals surface area contributed by atoms with Crippen LogP contribution in [-0.2, 0) is 16.1 Å². The van der Waals surface area contributed by atoms with Crippen LogP contribution in [0.25, 0.3) is 11.5 Å². The summed E-state index contributed by atoms with van der Waals surface area (Å²) < 4.78 is 11.0. The van der Waals surface area contributed by atoms with Crippen LogP contribution in [0.1, 0.15) is 49.8 Å². The van der Waals surface area contributed by atoms with Gasteiger partial charge in [0.1, 0.15) is 12.4 Å². The van der Waals surface area contributed by atoms with Gasteiger partial charge in [0.15, 0.2) is 5.96 Å². The Morgan fingerprint density at radius 1 is 1.24 bits per heavy atom. The number of guanidine groups is 1. The molecule has 1 saturated carbocycles. The summed E-state index contributed by atoms with van der Waals surface area (Å²) in [6.07, 6.45) is 7.25. The van der Waals surface area contributed by atoms with Gasteiger partial charge in [0.05, 0.1) is 12.2 Å². The Morgan fingerprint density at radius 2 is 2.00 bits per heavy atom. The van der Waals surface area contributed by atoms with Crippen molar-refractivity contribution in [3.05, 3.63) is 41.8 Å². The monoisotopic (exact) mass is 398 g/mol. The van der Waals surface area contributed by atoms with Gasteiger partial charge >= 0.3 is 5.97 Å². The Labute approximate surface area is 172 Å². The molecule has 7 nitrogen and oxygen atoms in total. The molecule has 1 aromatic heterocycles. The van der Waals surface area contributed by atoms with Crippen LogP contribution in [0.2, 0.25) is 0 Å². The number of carbonyl (C=O) groups is 1. The number of aliphatic imine (C=N–C) groups is 1. The predicted molar refractivity (Wildman–Crippen MR) is 112 cm³/mol. The average Bonchev–Trinajstić information content (AvgIpc) is 3.40. The maximum absolute atomic E-state index is 11.8. The van der Waals surface area contributed by atoms with Gasteiger partial charge in [0.25, 0.3) is 0 Å². The van der Waals surface area contributed by atoms with Gasteiger partial charge < -0.3 is 19.8 Å². The van der Waals surface area contributed by atoms with Crippen molar-refractivity contribution in [1.29, 1.82) is 0 Å². The van der Waals surface area contributed by atoms with Gasteiger partial charge in [-0.25, -0.2) is 4.98 Å². The molecule has 1 fully saturated rings. The van der Waals surface area contributed by atoms with E-state index in [1.165, 1.54) is 18.4 Å². The van der Waals surface area contributed by atoms with Crippen LogP contribution in [0.4, 0.5) is 0 Å². The van der Waals surface area contributed by atoms with Crippen molar-refractivity contribution in [2.45, 2.75) is 58.1 Å². The second-order valence-electron chi connectivity index (χ2n) is 7.36. The van der Waals surface area contributed by atoms with Crippen molar-refractivity contribution < 1.29 is 13.9 Å². The molecule has 2 N–H and O–H groups in total. The maximum Gasteiger partial charge on any atom is 0.306 e. The van der Waals surface area contributed by atoms with Crippen molar-refractivity contribution >= 4 is 11.9 Å². The molecule has 3 rings (SSSR count). The van der Waals surface area contributed by atoms with Gasteiger partial charge in [-0.1, -0.05) is 17.7 Å². The van der Waals surface area contributed by atoms with Crippen LogP contribution in [-0.4, -0.2) is 36.6 Å². The van der Waals surface area contributed by atoms with Crippen molar-refractivity contribution in [3.63, 3.8) is 0 Å². The minimum Gasteiger partial charge on any atom is -0.462 e. The van der Waals surface area contributed by atoms with Gasteiger partial charge in [-0.2, -0.15) is 0 Å². The predicted octanol–water partition coefficient (Wildman–Crippen LogP) is 3.58. The van der Waals surface area contributed by atoms with E-state index in [-0.39, 0.29) is 12.1 Å². The lowest BCUT2D eigenvalue weighted by molar-refractivity contribution is -0.148. The lowest BCUT2D eigenvalue weighted by Gasteiger charge is -2.12. The van der Waals surface area contributed by atoms with Gasteiger partial charge in [-0.3, -0.25) is 9.79 Å². The first-order valence-electron chi connectivity index (χ1n) is 10.3. The molecule has 1 aliphatic carbocycles. The molecule has 2 aromatic rings. The minimum absolute atomic E-state index is 0.104. The third-order valence-electron chi connectivity index (χ3n) is 4.96. The summed E-state index contributed by atoms with van der Waals surface area (Å²) in [5.74, 6) is 1.16. The molecule has 7 heteroatoms. The number of nitrogens with zero attached hydrogens (tertiary/aromatic N) is 2. The Morgan fingerprint density at radius 3 is 2.72 bits per heavy atom. The molecule has 1 heterocycles. The lowest BCUT2D eigenvalue weighted by Crippen LogP contribution is -2.37. The lowest BCUT2D eigenvalue weighted by atomic mass is 10.1. The molecule has 29 heavy (non-hydrogen) atoms. The van der Waals surface area contributed by atoms with Gasteiger partial charge in [0.2, 0.25) is 5.89 Å². The Bertz CT molecular complexity index is 808. The van der Waals surface area contributed by atoms with E-state index in [4.69, 9.17) is 9.15 Å². The number of carbonyl (C=O) groups excluding carboxylic acids is 1. The number of oxazole rings is 1. The number of esters is 1. The number of hydrogen-bond acceptors (Lipinski definition) is 5. The zero-order chi connectivity index (χ0) is 20.5. The zero-order valence-corrected chi connectivity index (χ0v) is 17.2. The van der Waals surface area contributed by atoms with Crippen molar-refractivity contribution in [2.75, 3.05) is 13.6 Å². The van der Waals surface area contributed by atoms with E-state index >= 15 is 0 Å². The maximum atomic E-state index is 11.8. The van der Waals surface area contributed by atoms with Crippen molar-refractivity contribution in [1.82, 2.24) is 15.6 Å². The molecule has 0 saturated heterocycles. The van der Waals surface area contributed by atoms with Crippen molar-refractivity contribution in [3.8, 4) is 11.5 Å². The zero-order valence-electron chi connectivity index (χ0n) is 17.2. The molecule has 1 aromatic carbocycles.